The fourth-order valence-corrected chi connectivity index (χ4v) is 5.31. The Morgan fingerprint density at radius 1 is 0.697 bits per heavy atom. The molecule has 1 aliphatic rings. The van der Waals surface area contributed by atoms with Crippen molar-refractivity contribution in [1.82, 2.24) is 0 Å². The maximum Gasteiger partial charge on any atom is 0.195 e. The summed E-state index contributed by atoms with van der Waals surface area (Å²) in [7, 11) is 0. The molecule has 0 N–H and O–H groups in total. The largest absolute Gasteiger partial charge is 0.207 e. The molecule has 1 aliphatic carbocycles. The van der Waals surface area contributed by atoms with Gasteiger partial charge in [0.1, 0.15) is 5.82 Å². The van der Waals surface area contributed by atoms with Crippen molar-refractivity contribution >= 4 is 10.8 Å². The Morgan fingerprint density at radius 3 is 2.15 bits per heavy atom. The fraction of sp³-hybridized carbons (Fsp3) is 0.448. The van der Waals surface area contributed by atoms with Gasteiger partial charge >= 0.3 is 0 Å². The number of fused-ring (bicyclic) bond motifs is 1. The van der Waals surface area contributed by atoms with Crippen LogP contribution in [0.15, 0.2) is 42.5 Å². The Balaban J connectivity index is 1.38. The van der Waals surface area contributed by atoms with Crippen LogP contribution in [0.1, 0.15) is 93.2 Å². The molecule has 0 spiro atoms. The van der Waals surface area contributed by atoms with Gasteiger partial charge in [-0.1, -0.05) is 62.9 Å². The monoisotopic (exact) mass is 456 g/mol. The summed E-state index contributed by atoms with van der Waals surface area (Å²) in [4.78, 5) is 0. The second kappa shape index (κ2) is 10.7. The van der Waals surface area contributed by atoms with E-state index < -0.39 is 17.5 Å². The van der Waals surface area contributed by atoms with E-state index in [4.69, 9.17) is 0 Å². The van der Waals surface area contributed by atoms with Gasteiger partial charge in [-0.2, -0.15) is 0 Å². The third kappa shape index (κ3) is 5.42. The van der Waals surface area contributed by atoms with Gasteiger partial charge in [-0.25, -0.2) is 17.6 Å². The van der Waals surface area contributed by atoms with Gasteiger partial charge in [0.2, 0.25) is 0 Å². The molecule has 0 nitrogen and oxygen atoms in total. The van der Waals surface area contributed by atoms with Crippen molar-refractivity contribution in [1.29, 1.82) is 0 Å². The normalized spacial score (nSPS) is 18.7. The molecule has 3 aromatic rings. The number of benzene rings is 3. The zero-order valence-corrected chi connectivity index (χ0v) is 19.3. The third-order valence-electron chi connectivity index (χ3n) is 7.27. The lowest BCUT2D eigenvalue weighted by Crippen LogP contribution is -2.13. The van der Waals surface area contributed by atoms with Crippen molar-refractivity contribution in [2.75, 3.05) is 0 Å². The second-order valence-electron chi connectivity index (χ2n) is 9.54. The first-order valence-electron chi connectivity index (χ1n) is 12.3. The number of aryl methyl sites for hydroxylation is 1. The number of hydrogen-bond donors (Lipinski definition) is 0. The molecule has 0 unspecified atom stereocenters. The Labute approximate surface area is 194 Å². The highest BCUT2D eigenvalue weighted by molar-refractivity contribution is 5.84. The molecule has 0 atom stereocenters. The molecule has 0 bridgehead atoms. The molecule has 1 fully saturated rings. The van der Waals surface area contributed by atoms with E-state index in [0.717, 1.165) is 61.3 Å². The van der Waals surface area contributed by atoms with Crippen LogP contribution in [0.25, 0.3) is 10.8 Å². The minimum Gasteiger partial charge on any atom is -0.207 e. The van der Waals surface area contributed by atoms with Crippen LogP contribution in [0.5, 0.6) is 0 Å². The Kier molecular flexibility index (Phi) is 7.72. The van der Waals surface area contributed by atoms with Crippen molar-refractivity contribution in [2.24, 2.45) is 0 Å². The molecule has 0 heterocycles. The van der Waals surface area contributed by atoms with Gasteiger partial charge < -0.3 is 0 Å². The first kappa shape index (κ1) is 23.8. The van der Waals surface area contributed by atoms with Crippen molar-refractivity contribution in [3.63, 3.8) is 0 Å². The molecule has 3 aromatic carbocycles. The van der Waals surface area contributed by atoms with Crippen LogP contribution >= 0.6 is 0 Å². The first-order chi connectivity index (χ1) is 16.0. The number of hydrogen-bond acceptors (Lipinski definition) is 0. The van der Waals surface area contributed by atoms with Gasteiger partial charge in [0, 0.05) is 5.39 Å². The van der Waals surface area contributed by atoms with E-state index in [1.54, 1.807) is 12.1 Å². The van der Waals surface area contributed by atoms with Gasteiger partial charge in [-0.15, -0.1) is 0 Å². The van der Waals surface area contributed by atoms with Crippen molar-refractivity contribution < 1.29 is 17.6 Å². The molecular weight excluding hydrogens is 424 g/mol. The summed E-state index contributed by atoms with van der Waals surface area (Å²) in [5.74, 6) is -3.37. The summed E-state index contributed by atoms with van der Waals surface area (Å²) in [5.41, 5.74) is 2.89. The average molecular weight is 457 g/mol. The number of halogens is 4. The highest BCUT2D eigenvalue weighted by Gasteiger charge is 2.26. The molecule has 4 heteroatoms. The zero-order valence-electron chi connectivity index (χ0n) is 19.3. The molecule has 4 rings (SSSR count). The van der Waals surface area contributed by atoms with Crippen LogP contribution in [0.3, 0.4) is 0 Å². The number of unbranched alkanes of at least 4 members (excludes halogenated alkanes) is 4. The molecular formula is C29H32F4. The van der Waals surface area contributed by atoms with E-state index in [1.807, 2.05) is 12.1 Å². The van der Waals surface area contributed by atoms with E-state index in [1.165, 1.54) is 31.7 Å². The van der Waals surface area contributed by atoms with E-state index in [-0.39, 0.29) is 23.0 Å². The van der Waals surface area contributed by atoms with Gasteiger partial charge in [-0.3, -0.25) is 0 Å². The lowest BCUT2D eigenvalue weighted by molar-refractivity contribution is 0.387. The van der Waals surface area contributed by atoms with Crippen molar-refractivity contribution in [3.8, 4) is 0 Å². The van der Waals surface area contributed by atoms with Crippen molar-refractivity contribution in [3.05, 3.63) is 82.4 Å². The molecule has 1 saturated carbocycles. The smallest absolute Gasteiger partial charge is 0.195 e. The summed E-state index contributed by atoms with van der Waals surface area (Å²) in [6, 6.07) is 11.9. The molecule has 0 aromatic heterocycles. The average Bonchev–Trinajstić information content (AvgIpc) is 2.82. The summed E-state index contributed by atoms with van der Waals surface area (Å²) < 4.78 is 56.0. The molecule has 176 valence electrons. The molecule has 33 heavy (non-hydrogen) atoms. The summed E-state index contributed by atoms with van der Waals surface area (Å²) in [5, 5.41) is 0.473. The van der Waals surface area contributed by atoms with E-state index in [0.29, 0.717) is 5.39 Å². The third-order valence-corrected chi connectivity index (χ3v) is 7.27. The zero-order chi connectivity index (χ0) is 23.4. The minimum atomic E-state index is -1.43. The first-order valence-corrected chi connectivity index (χ1v) is 12.3. The maximum absolute atomic E-state index is 14.9. The molecule has 0 radical (unpaired) electrons. The summed E-state index contributed by atoms with van der Waals surface area (Å²) in [6.45, 7) is 2.20. The van der Waals surface area contributed by atoms with E-state index in [9.17, 15) is 17.6 Å². The SMILES string of the molecule is CCCCCCCc1ccc(C2CCC(c3ccc4c(F)c(F)c(F)cc4c3)CC2)c(F)c1. The minimum absolute atomic E-state index is 0.0943. The topological polar surface area (TPSA) is 0 Å². The molecule has 0 saturated heterocycles. The van der Waals surface area contributed by atoms with Crippen LogP contribution in [0.4, 0.5) is 17.6 Å². The van der Waals surface area contributed by atoms with E-state index >= 15 is 0 Å². The van der Waals surface area contributed by atoms with Gasteiger partial charge in [0.15, 0.2) is 17.5 Å². The van der Waals surface area contributed by atoms with E-state index in [2.05, 4.69) is 13.0 Å². The maximum atomic E-state index is 14.9. The second-order valence-corrected chi connectivity index (χ2v) is 9.54. The van der Waals surface area contributed by atoms with Gasteiger partial charge in [0.05, 0.1) is 0 Å². The van der Waals surface area contributed by atoms with Crippen LogP contribution in [-0.2, 0) is 6.42 Å². The molecule has 0 amide bonds. The van der Waals surface area contributed by atoms with Crippen LogP contribution in [0.2, 0.25) is 0 Å². The lowest BCUT2D eigenvalue weighted by Gasteiger charge is -2.29. The Bertz CT molecular complexity index is 1100. The summed E-state index contributed by atoms with van der Waals surface area (Å²) >= 11 is 0. The predicted octanol–water partition coefficient (Wildman–Crippen LogP) is 9.35. The van der Waals surface area contributed by atoms with Gasteiger partial charge in [-0.05, 0) is 84.6 Å². The Hall–Kier alpha value is -2.36. The Morgan fingerprint density at radius 2 is 1.42 bits per heavy atom. The molecule has 0 aliphatic heterocycles. The van der Waals surface area contributed by atoms with Crippen LogP contribution < -0.4 is 0 Å². The highest BCUT2D eigenvalue weighted by Crippen LogP contribution is 2.42. The standard InChI is InChI=1S/C29H32F4/c1-2-3-4-5-6-7-19-8-14-24(26(30)16-19)21-11-9-20(10-12-21)22-13-15-25-23(17-22)18-27(31)29(33)28(25)32/h8,13-18,20-21H,2-7,9-12H2,1H3. The fourth-order valence-electron chi connectivity index (χ4n) is 5.31. The lowest BCUT2D eigenvalue weighted by atomic mass is 9.75. The van der Waals surface area contributed by atoms with Crippen LogP contribution in [-0.4, -0.2) is 0 Å². The predicted molar refractivity (Wildman–Crippen MR) is 127 cm³/mol. The van der Waals surface area contributed by atoms with Gasteiger partial charge in [0.25, 0.3) is 0 Å². The quantitative estimate of drug-likeness (QED) is 0.180. The highest BCUT2D eigenvalue weighted by atomic mass is 19.2. The van der Waals surface area contributed by atoms with Crippen molar-refractivity contribution in [2.45, 2.75) is 83.0 Å². The number of rotatable bonds is 8. The summed E-state index contributed by atoms with van der Waals surface area (Å²) in [6.07, 6.45) is 10.5. The van der Waals surface area contributed by atoms with Crippen LogP contribution in [0, 0.1) is 23.3 Å².